The van der Waals surface area contributed by atoms with E-state index in [1.807, 2.05) is 20.8 Å². The average Bonchev–Trinajstić information content (AvgIpc) is 2.21. The zero-order valence-corrected chi connectivity index (χ0v) is 13.1. The molecule has 1 rings (SSSR count). The van der Waals surface area contributed by atoms with Gasteiger partial charge in [-0.25, -0.2) is 4.79 Å². The fraction of sp³-hybridized carbons (Fsp3) is 0.933. The number of carbonyl (C=O) groups excluding carboxylic acids is 1. The molecular formula is C15H30N2O2. The van der Waals surface area contributed by atoms with E-state index in [0.29, 0.717) is 17.9 Å². The van der Waals surface area contributed by atoms with Gasteiger partial charge in [0.1, 0.15) is 5.60 Å². The molecule has 1 aliphatic rings. The number of nitrogens with two attached hydrogens (primary N) is 1. The van der Waals surface area contributed by atoms with E-state index < -0.39 is 5.60 Å². The van der Waals surface area contributed by atoms with Gasteiger partial charge in [-0.1, -0.05) is 20.3 Å². The van der Waals surface area contributed by atoms with Crippen LogP contribution in [0.15, 0.2) is 0 Å². The molecule has 0 aromatic heterocycles. The highest BCUT2D eigenvalue weighted by atomic mass is 16.6. The smallest absolute Gasteiger partial charge is 0.407 e. The highest BCUT2D eigenvalue weighted by Gasteiger charge is 2.33. The number of rotatable bonds is 3. The normalized spacial score (nSPS) is 24.6. The van der Waals surface area contributed by atoms with Crippen LogP contribution >= 0.6 is 0 Å². The van der Waals surface area contributed by atoms with Gasteiger partial charge < -0.3 is 15.8 Å². The second-order valence-electron chi connectivity index (χ2n) is 7.51. The first-order chi connectivity index (χ1) is 8.63. The molecule has 4 nitrogen and oxygen atoms in total. The van der Waals surface area contributed by atoms with Crippen molar-refractivity contribution in [3.63, 3.8) is 0 Å². The second-order valence-corrected chi connectivity index (χ2v) is 7.51. The Morgan fingerprint density at radius 1 is 1.47 bits per heavy atom. The molecule has 112 valence electrons. The number of hydrogen-bond acceptors (Lipinski definition) is 3. The number of ether oxygens (including phenoxy) is 1. The summed E-state index contributed by atoms with van der Waals surface area (Å²) in [5.41, 5.74) is 5.72. The lowest BCUT2D eigenvalue weighted by atomic mass is 9.70. The number of nitrogens with one attached hydrogen (secondary N) is 1. The summed E-state index contributed by atoms with van der Waals surface area (Å²) in [7, 11) is 0. The highest BCUT2D eigenvalue weighted by molar-refractivity contribution is 5.68. The van der Waals surface area contributed by atoms with Gasteiger partial charge in [-0.2, -0.15) is 0 Å². The van der Waals surface area contributed by atoms with Gasteiger partial charge >= 0.3 is 6.09 Å². The number of carbonyl (C=O) groups is 1. The standard InChI is InChI=1S/C15H30N2O2/c1-14(2,3)19-13(18)17-12(10-16)11-7-6-8-15(4,5)9-11/h11-12H,6-10,16H2,1-5H3,(H,17,18). The molecule has 0 saturated heterocycles. The maximum atomic E-state index is 11.8. The molecule has 2 atom stereocenters. The van der Waals surface area contributed by atoms with E-state index in [-0.39, 0.29) is 12.1 Å². The zero-order chi connectivity index (χ0) is 14.7. The van der Waals surface area contributed by atoms with E-state index >= 15 is 0 Å². The second kappa shape index (κ2) is 6.12. The van der Waals surface area contributed by atoms with Crippen LogP contribution in [0.25, 0.3) is 0 Å². The van der Waals surface area contributed by atoms with Crippen molar-refractivity contribution in [2.75, 3.05) is 6.54 Å². The van der Waals surface area contributed by atoms with Crippen molar-refractivity contribution >= 4 is 6.09 Å². The molecule has 19 heavy (non-hydrogen) atoms. The molecule has 0 spiro atoms. The molecule has 1 amide bonds. The fourth-order valence-corrected chi connectivity index (χ4v) is 2.93. The van der Waals surface area contributed by atoms with Crippen molar-refractivity contribution in [3.8, 4) is 0 Å². The van der Waals surface area contributed by atoms with Crippen LogP contribution in [-0.4, -0.2) is 24.3 Å². The number of alkyl carbamates (subject to hydrolysis) is 1. The molecule has 1 aliphatic carbocycles. The average molecular weight is 270 g/mol. The van der Waals surface area contributed by atoms with Crippen molar-refractivity contribution in [2.45, 2.75) is 71.9 Å². The lowest BCUT2D eigenvalue weighted by molar-refractivity contribution is 0.0458. The van der Waals surface area contributed by atoms with E-state index in [9.17, 15) is 4.79 Å². The van der Waals surface area contributed by atoms with Crippen molar-refractivity contribution in [3.05, 3.63) is 0 Å². The van der Waals surface area contributed by atoms with Crippen molar-refractivity contribution in [2.24, 2.45) is 17.1 Å². The van der Waals surface area contributed by atoms with Gasteiger partial charge in [0, 0.05) is 12.6 Å². The molecule has 0 radical (unpaired) electrons. The first kappa shape index (κ1) is 16.3. The quantitative estimate of drug-likeness (QED) is 0.828. The van der Waals surface area contributed by atoms with Gasteiger partial charge in [0.2, 0.25) is 0 Å². The predicted octanol–water partition coefficient (Wildman–Crippen LogP) is 3.05. The van der Waals surface area contributed by atoms with Crippen LogP contribution in [0.5, 0.6) is 0 Å². The van der Waals surface area contributed by atoms with Gasteiger partial charge in [-0.3, -0.25) is 0 Å². The summed E-state index contributed by atoms with van der Waals surface area (Å²) >= 11 is 0. The van der Waals surface area contributed by atoms with E-state index in [0.717, 1.165) is 12.8 Å². The summed E-state index contributed by atoms with van der Waals surface area (Å²) < 4.78 is 5.31. The Balaban J connectivity index is 2.56. The molecule has 1 saturated carbocycles. The Morgan fingerprint density at radius 2 is 2.11 bits per heavy atom. The molecule has 4 heteroatoms. The largest absolute Gasteiger partial charge is 0.444 e. The summed E-state index contributed by atoms with van der Waals surface area (Å²) in [5.74, 6) is 0.460. The Labute approximate surface area is 117 Å². The molecule has 2 unspecified atom stereocenters. The Bertz CT molecular complexity index is 308. The molecule has 0 aromatic carbocycles. The van der Waals surface area contributed by atoms with Crippen molar-refractivity contribution in [1.29, 1.82) is 0 Å². The topological polar surface area (TPSA) is 64.3 Å². The monoisotopic (exact) mass is 270 g/mol. The predicted molar refractivity (Wildman–Crippen MR) is 78.0 cm³/mol. The van der Waals surface area contributed by atoms with E-state index in [1.165, 1.54) is 12.8 Å². The molecule has 0 aromatic rings. The maximum absolute atomic E-state index is 11.8. The summed E-state index contributed by atoms with van der Waals surface area (Å²) in [6.07, 6.45) is 4.37. The zero-order valence-electron chi connectivity index (χ0n) is 13.1. The third-order valence-electron chi connectivity index (χ3n) is 3.77. The lowest BCUT2D eigenvalue weighted by Gasteiger charge is -2.39. The molecule has 0 aliphatic heterocycles. The van der Waals surface area contributed by atoms with Crippen LogP contribution in [0.4, 0.5) is 4.79 Å². The Kier molecular flexibility index (Phi) is 5.25. The molecular weight excluding hydrogens is 240 g/mol. The maximum Gasteiger partial charge on any atom is 0.407 e. The van der Waals surface area contributed by atoms with Crippen LogP contribution in [0.2, 0.25) is 0 Å². The molecule has 0 heterocycles. The third kappa shape index (κ3) is 5.81. The van der Waals surface area contributed by atoms with Crippen LogP contribution in [-0.2, 0) is 4.74 Å². The van der Waals surface area contributed by atoms with Crippen LogP contribution in [0.1, 0.15) is 60.3 Å². The third-order valence-corrected chi connectivity index (χ3v) is 3.77. The van der Waals surface area contributed by atoms with E-state index in [1.54, 1.807) is 0 Å². The van der Waals surface area contributed by atoms with Gasteiger partial charge in [-0.05, 0) is 51.4 Å². The molecule has 0 bridgehead atoms. The first-order valence-corrected chi connectivity index (χ1v) is 7.32. The minimum Gasteiger partial charge on any atom is -0.444 e. The summed E-state index contributed by atoms with van der Waals surface area (Å²) in [4.78, 5) is 11.8. The van der Waals surface area contributed by atoms with Crippen molar-refractivity contribution < 1.29 is 9.53 Å². The summed E-state index contributed by atoms with van der Waals surface area (Å²) in [6, 6.07) is 0.0226. The first-order valence-electron chi connectivity index (χ1n) is 7.32. The van der Waals surface area contributed by atoms with E-state index in [2.05, 4.69) is 19.2 Å². The SMILES string of the molecule is CC1(C)CCCC(C(CN)NC(=O)OC(C)(C)C)C1. The van der Waals surface area contributed by atoms with Gasteiger partial charge in [-0.15, -0.1) is 0 Å². The summed E-state index contributed by atoms with van der Waals surface area (Å²) in [5, 5.41) is 2.94. The Hall–Kier alpha value is -0.770. The number of amides is 1. The van der Waals surface area contributed by atoms with Crippen LogP contribution in [0, 0.1) is 11.3 Å². The Morgan fingerprint density at radius 3 is 2.58 bits per heavy atom. The minimum absolute atomic E-state index is 0.0226. The highest BCUT2D eigenvalue weighted by Crippen LogP contribution is 2.39. The number of hydrogen-bond donors (Lipinski definition) is 2. The van der Waals surface area contributed by atoms with Crippen molar-refractivity contribution in [1.82, 2.24) is 5.32 Å². The fourth-order valence-electron chi connectivity index (χ4n) is 2.93. The molecule has 3 N–H and O–H groups in total. The lowest BCUT2D eigenvalue weighted by Crippen LogP contribution is -2.48. The van der Waals surface area contributed by atoms with Crippen LogP contribution < -0.4 is 11.1 Å². The van der Waals surface area contributed by atoms with Gasteiger partial charge in [0.05, 0.1) is 0 Å². The summed E-state index contributed by atoms with van der Waals surface area (Å²) in [6.45, 7) is 10.7. The molecule has 1 fully saturated rings. The van der Waals surface area contributed by atoms with Crippen LogP contribution in [0.3, 0.4) is 0 Å². The van der Waals surface area contributed by atoms with Gasteiger partial charge in [0.25, 0.3) is 0 Å². The van der Waals surface area contributed by atoms with Gasteiger partial charge in [0.15, 0.2) is 0 Å². The van der Waals surface area contributed by atoms with E-state index in [4.69, 9.17) is 10.5 Å². The minimum atomic E-state index is -0.463.